The van der Waals surface area contributed by atoms with Crippen LogP contribution in [0.3, 0.4) is 0 Å². The molecule has 1 aliphatic carbocycles. The summed E-state index contributed by atoms with van der Waals surface area (Å²) < 4.78 is 3.45. The molecule has 0 bridgehead atoms. The Bertz CT molecular complexity index is 1030. The summed E-state index contributed by atoms with van der Waals surface area (Å²) in [6.07, 6.45) is 6.29. The first-order valence-corrected chi connectivity index (χ1v) is 9.64. The summed E-state index contributed by atoms with van der Waals surface area (Å²) in [7, 11) is 1.72. The number of aryl methyl sites for hydroxylation is 1. The number of hydrogen-bond acceptors (Lipinski definition) is 6. The molecule has 8 heteroatoms. The lowest BCUT2D eigenvalue weighted by Gasteiger charge is -2.30. The first kappa shape index (κ1) is 16.6. The van der Waals surface area contributed by atoms with Crippen LogP contribution in [0, 0.1) is 0 Å². The topological polar surface area (TPSA) is 81.2 Å². The van der Waals surface area contributed by atoms with E-state index in [2.05, 4.69) is 26.1 Å². The summed E-state index contributed by atoms with van der Waals surface area (Å²) in [5.74, 6) is 1.98. The zero-order valence-electron chi connectivity index (χ0n) is 15.5. The second-order valence-electron chi connectivity index (χ2n) is 7.72. The van der Waals surface area contributed by atoms with Gasteiger partial charge in [-0.15, -0.1) is 10.2 Å². The molecule has 0 unspecified atom stereocenters. The van der Waals surface area contributed by atoms with Crippen LogP contribution in [-0.4, -0.2) is 47.4 Å². The molecule has 1 saturated carbocycles. The lowest BCUT2D eigenvalue weighted by molar-refractivity contribution is 0.198. The van der Waals surface area contributed by atoms with Gasteiger partial charge in [0.2, 0.25) is 0 Å². The minimum atomic E-state index is -0.199. The predicted octanol–water partition coefficient (Wildman–Crippen LogP) is 1.47. The number of nitrogens with zero attached hydrogens (tertiary/aromatic N) is 7. The maximum Gasteiger partial charge on any atom is 0.347 e. The molecule has 0 N–H and O–H groups in total. The summed E-state index contributed by atoms with van der Waals surface area (Å²) in [6.45, 7) is 2.63. The lowest BCUT2D eigenvalue weighted by atomic mass is 9.96. The van der Waals surface area contributed by atoms with E-state index in [4.69, 9.17) is 5.10 Å². The molecule has 5 rings (SSSR count). The Morgan fingerprint density at radius 1 is 1.04 bits per heavy atom. The van der Waals surface area contributed by atoms with Crippen LogP contribution in [0.15, 0.2) is 29.2 Å². The van der Waals surface area contributed by atoms with E-state index in [-0.39, 0.29) is 5.69 Å². The first-order chi connectivity index (χ1) is 13.2. The van der Waals surface area contributed by atoms with E-state index < -0.39 is 0 Å². The Morgan fingerprint density at radius 2 is 1.85 bits per heavy atom. The summed E-state index contributed by atoms with van der Waals surface area (Å²) in [4.78, 5) is 18.2. The van der Waals surface area contributed by atoms with Crippen LogP contribution in [0.25, 0.3) is 5.65 Å². The van der Waals surface area contributed by atoms with Gasteiger partial charge >= 0.3 is 5.69 Å². The molecule has 0 aromatic carbocycles. The van der Waals surface area contributed by atoms with Crippen LogP contribution in [0.1, 0.15) is 54.7 Å². The highest BCUT2D eigenvalue weighted by atomic mass is 16.1. The van der Waals surface area contributed by atoms with Gasteiger partial charge in [0.1, 0.15) is 0 Å². The van der Waals surface area contributed by atoms with Gasteiger partial charge < -0.3 is 4.57 Å². The fourth-order valence-corrected chi connectivity index (χ4v) is 3.84. The number of piperidine rings is 1. The highest BCUT2D eigenvalue weighted by Crippen LogP contribution is 2.39. The second kappa shape index (κ2) is 6.53. The molecule has 2 fully saturated rings. The highest BCUT2D eigenvalue weighted by Gasteiger charge is 2.28. The maximum atomic E-state index is 11.7. The Balaban J connectivity index is 1.29. The van der Waals surface area contributed by atoms with Gasteiger partial charge in [0.05, 0.1) is 11.4 Å². The highest BCUT2D eigenvalue weighted by molar-refractivity contribution is 5.38. The van der Waals surface area contributed by atoms with Crippen LogP contribution < -0.4 is 5.69 Å². The fraction of sp³-hybridized carbons (Fsp3) is 0.526. The minimum absolute atomic E-state index is 0.199. The molecule has 4 heterocycles. The van der Waals surface area contributed by atoms with Crippen molar-refractivity contribution in [2.75, 3.05) is 13.1 Å². The van der Waals surface area contributed by atoms with Crippen molar-refractivity contribution in [2.24, 2.45) is 7.05 Å². The second-order valence-corrected chi connectivity index (χ2v) is 7.72. The molecule has 0 spiro atoms. The van der Waals surface area contributed by atoms with Crippen LogP contribution in [0.2, 0.25) is 0 Å². The molecule has 3 aromatic rings. The zero-order chi connectivity index (χ0) is 18.4. The molecule has 27 heavy (non-hydrogen) atoms. The minimum Gasteiger partial charge on any atom is -0.302 e. The number of fused-ring (bicyclic) bond motifs is 1. The molecular weight excluding hydrogens is 342 g/mol. The lowest BCUT2D eigenvalue weighted by Crippen LogP contribution is -2.34. The number of rotatable bonds is 4. The quantitative estimate of drug-likeness (QED) is 0.697. The monoisotopic (exact) mass is 365 g/mol. The van der Waals surface area contributed by atoms with Crippen molar-refractivity contribution in [1.29, 1.82) is 0 Å². The molecule has 0 amide bonds. The normalized spacial score (nSPS) is 19.0. The first-order valence-electron chi connectivity index (χ1n) is 9.64. The predicted molar refractivity (Wildman–Crippen MR) is 99.5 cm³/mol. The van der Waals surface area contributed by atoms with Gasteiger partial charge in [0, 0.05) is 31.6 Å². The van der Waals surface area contributed by atoms with Gasteiger partial charge in [-0.2, -0.15) is 14.6 Å². The van der Waals surface area contributed by atoms with Crippen molar-refractivity contribution in [1.82, 2.24) is 34.3 Å². The van der Waals surface area contributed by atoms with Crippen molar-refractivity contribution in [2.45, 2.75) is 44.1 Å². The van der Waals surface area contributed by atoms with Gasteiger partial charge in [-0.1, -0.05) is 0 Å². The number of hydrogen-bond donors (Lipinski definition) is 0. The standard InChI is InChI=1S/C19H23N7O/c1-24-9-8-15(20-19(24)27)12-25-10-6-14(7-11-25)18-22-21-17-5-4-16(13-2-3-13)23-26(17)18/h4-5,8-9,13-14H,2-3,6-7,10-12H2,1H3. The van der Waals surface area contributed by atoms with E-state index in [1.165, 1.54) is 17.4 Å². The van der Waals surface area contributed by atoms with Crippen LogP contribution in [0.5, 0.6) is 0 Å². The van der Waals surface area contributed by atoms with Gasteiger partial charge in [-0.25, -0.2) is 4.79 Å². The summed E-state index contributed by atoms with van der Waals surface area (Å²) >= 11 is 0. The van der Waals surface area contributed by atoms with Crippen LogP contribution in [-0.2, 0) is 13.6 Å². The third kappa shape index (κ3) is 3.25. The Hall–Kier alpha value is -2.61. The largest absolute Gasteiger partial charge is 0.347 e. The number of likely N-dealkylation sites (tertiary alicyclic amines) is 1. The van der Waals surface area contributed by atoms with E-state index in [1.807, 2.05) is 16.6 Å². The smallest absolute Gasteiger partial charge is 0.302 e. The van der Waals surface area contributed by atoms with E-state index in [0.717, 1.165) is 48.8 Å². The Morgan fingerprint density at radius 3 is 2.59 bits per heavy atom. The Kier molecular flexibility index (Phi) is 4.00. The number of aromatic nitrogens is 6. The molecule has 1 saturated heterocycles. The van der Waals surface area contributed by atoms with Gasteiger partial charge in [-0.05, 0) is 57.0 Å². The van der Waals surface area contributed by atoms with Gasteiger partial charge in [0.25, 0.3) is 0 Å². The fourth-order valence-electron chi connectivity index (χ4n) is 3.84. The summed E-state index contributed by atoms with van der Waals surface area (Å²) in [5.41, 5.74) is 2.63. The van der Waals surface area contributed by atoms with Crippen LogP contribution in [0.4, 0.5) is 0 Å². The van der Waals surface area contributed by atoms with Crippen molar-refractivity contribution in [3.63, 3.8) is 0 Å². The molecule has 0 atom stereocenters. The average molecular weight is 365 g/mol. The van der Waals surface area contributed by atoms with Crippen molar-refractivity contribution >= 4 is 5.65 Å². The van der Waals surface area contributed by atoms with Crippen molar-refractivity contribution < 1.29 is 0 Å². The van der Waals surface area contributed by atoms with Gasteiger partial charge in [0.15, 0.2) is 11.5 Å². The Labute approximate surface area is 156 Å². The molecule has 140 valence electrons. The van der Waals surface area contributed by atoms with E-state index in [9.17, 15) is 4.79 Å². The molecule has 0 radical (unpaired) electrons. The van der Waals surface area contributed by atoms with E-state index >= 15 is 0 Å². The third-order valence-corrected chi connectivity index (χ3v) is 5.67. The van der Waals surface area contributed by atoms with Crippen molar-refractivity contribution in [3.05, 3.63) is 52.1 Å². The maximum absolute atomic E-state index is 11.7. The van der Waals surface area contributed by atoms with Crippen LogP contribution >= 0.6 is 0 Å². The summed E-state index contributed by atoms with van der Waals surface area (Å²) in [5, 5.41) is 13.6. The molecular formula is C19H23N7O. The SMILES string of the molecule is Cn1ccc(CN2CCC(c3nnc4ccc(C5CC5)nn34)CC2)nc1=O. The molecule has 8 nitrogen and oxygen atoms in total. The molecule has 2 aliphatic rings. The van der Waals surface area contributed by atoms with Crippen molar-refractivity contribution in [3.8, 4) is 0 Å². The average Bonchev–Trinajstić information content (AvgIpc) is 3.45. The zero-order valence-corrected chi connectivity index (χ0v) is 15.5. The van der Waals surface area contributed by atoms with E-state index in [1.54, 1.807) is 13.2 Å². The summed E-state index contributed by atoms with van der Waals surface area (Å²) in [6, 6.07) is 6.04. The molecule has 1 aliphatic heterocycles. The van der Waals surface area contributed by atoms with E-state index in [0.29, 0.717) is 18.4 Å². The third-order valence-electron chi connectivity index (χ3n) is 5.67. The van der Waals surface area contributed by atoms with Gasteiger partial charge in [-0.3, -0.25) is 4.90 Å². The molecule has 3 aromatic heterocycles.